The molecular formula is C18H23N3. The molecule has 3 heteroatoms. The van der Waals surface area contributed by atoms with Crippen LogP contribution in [0.25, 0.3) is 0 Å². The van der Waals surface area contributed by atoms with Crippen molar-refractivity contribution in [2.24, 2.45) is 0 Å². The van der Waals surface area contributed by atoms with Crippen LogP contribution in [-0.4, -0.2) is 0 Å². The molecule has 21 heavy (non-hydrogen) atoms. The number of hydrogen-bond donors (Lipinski definition) is 1. The fourth-order valence-corrected chi connectivity index (χ4v) is 2.12. The number of anilines is 1. The Balaban J connectivity index is 2.33. The first-order chi connectivity index (χ1) is 10.3. The molecule has 0 spiro atoms. The number of nitrogens with one attached hydrogen (secondary N) is 1. The monoisotopic (exact) mass is 281 g/mol. The molecule has 0 aliphatic heterocycles. The van der Waals surface area contributed by atoms with Crippen LogP contribution in [0.3, 0.4) is 0 Å². The molecule has 3 nitrogen and oxygen atoms in total. The third kappa shape index (κ3) is 7.18. The van der Waals surface area contributed by atoms with Crippen molar-refractivity contribution < 1.29 is 0 Å². The Bertz CT molecular complexity index is 499. The van der Waals surface area contributed by atoms with Gasteiger partial charge in [-0.25, -0.2) is 0 Å². The first-order valence-electron chi connectivity index (χ1n) is 7.66. The van der Waals surface area contributed by atoms with Crippen molar-refractivity contribution >= 4 is 5.69 Å². The minimum Gasteiger partial charge on any atom is -0.360 e. The number of allylic oxidation sites excluding steroid dienone is 1. The fraction of sp³-hybridized carbons (Fsp3) is 0.444. The summed E-state index contributed by atoms with van der Waals surface area (Å²) in [5, 5.41) is 20.2. The molecule has 0 unspecified atom stereocenters. The summed E-state index contributed by atoms with van der Waals surface area (Å²) in [5.41, 5.74) is 2.30. The molecule has 0 atom stereocenters. The fourth-order valence-electron chi connectivity index (χ4n) is 2.12. The predicted octanol–water partition coefficient (Wildman–Crippen LogP) is 4.93. The van der Waals surface area contributed by atoms with Crippen LogP contribution in [0.1, 0.15) is 51.0 Å². The van der Waals surface area contributed by atoms with Crippen LogP contribution in [0.15, 0.2) is 36.0 Å². The number of hydrogen-bond acceptors (Lipinski definition) is 3. The lowest BCUT2D eigenvalue weighted by molar-refractivity contribution is 0.607. The highest BCUT2D eigenvalue weighted by atomic mass is 14.8. The lowest BCUT2D eigenvalue weighted by Gasteiger charge is -2.04. The summed E-state index contributed by atoms with van der Waals surface area (Å²) in [5.74, 6) is 0. The van der Waals surface area contributed by atoms with Gasteiger partial charge in [0.25, 0.3) is 0 Å². The molecule has 1 aromatic carbocycles. The van der Waals surface area contributed by atoms with Gasteiger partial charge < -0.3 is 5.32 Å². The molecule has 0 aliphatic rings. The molecule has 1 N–H and O–H groups in total. The topological polar surface area (TPSA) is 59.6 Å². The number of unbranched alkanes of at least 4 members (excludes halogenated alkanes) is 5. The maximum atomic E-state index is 8.64. The van der Waals surface area contributed by atoms with Gasteiger partial charge in [0.1, 0.15) is 17.7 Å². The van der Waals surface area contributed by atoms with E-state index in [1.165, 1.54) is 50.3 Å². The molecule has 0 aromatic heterocycles. The molecule has 0 heterocycles. The lowest BCUT2D eigenvalue weighted by Crippen LogP contribution is -1.91. The first kappa shape index (κ1) is 16.8. The molecule has 0 aliphatic carbocycles. The number of aryl methyl sites for hydroxylation is 1. The van der Waals surface area contributed by atoms with E-state index in [9.17, 15) is 0 Å². The molecule has 0 saturated carbocycles. The zero-order chi connectivity index (χ0) is 15.3. The smallest absolute Gasteiger partial charge is 0.145 e. The zero-order valence-corrected chi connectivity index (χ0v) is 12.7. The Morgan fingerprint density at radius 2 is 1.62 bits per heavy atom. The summed E-state index contributed by atoms with van der Waals surface area (Å²) >= 11 is 0. The molecule has 110 valence electrons. The normalized spacial score (nSPS) is 9.48. The molecule has 1 rings (SSSR count). The van der Waals surface area contributed by atoms with E-state index < -0.39 is 0 Å². The van der Waals surface area contributed by atoms with Crippen LogP contribution in [0.4, 0.5) is 5.69 Å². The number of nitriles is 2. The summed E-state index contributed by atoms with van der Waals surface area (Å²) in [6.45, 7) is 2.24. The standard InChI is InChI=1S/C18H23N3/c1-2-3-4-5-6-7-8-16-9-11-18(12-10-16)21-15-17(13-19)14-20/h9-12,15,21H,2-8H2,1H3. The van der Waals surface area contributed by atoms with Crippen molar-refractivity contribution in [3.05, 3.63) is 41.6 Å². The highest BCUT2D eigenvalue weighted by Crippen LogP contribution is 2.13. The molecule has 0 bridgehead atoms. The van der Waals surface area contributed by atoms with Crippen molar-refractivity contribution in [2.75, 3.05) is 5.32 Å². The van der Waals surface area contributed by atoms with Gasteiger partial charge in [0.15, 0.2) is 0 Å². The second-order valence-corrected chi connectivity index (χ2v) is 5.14. The molecule has 0 amide bonds. The van der Waals surface area contributed by atoms with Gasteiger partial charge in [0.2, 0.25) is 0 Å². The van der Waals surface area contributed by atoms with E-state index in [1.54, 1.807) is 0 Å². The van der Waals surface area contributed by atoms with Crippen molar-refractivity contribution in [2.45, 2.75) is 51.9 Å². The van der Waals surface area contributed by atoms with Crippen LogP contribution < -0.4 is 5.32 Å². The average molecular weight is 281 g/mol. The van der Waals surface area contributed by atoms with Gasteiger partial charge in [-0.3, -0.25) is 0 Å². The quantitative estimate of drug-likeness (QED) is 0.515. The lowest BCUT2D eigenvalue weighted by atomic mass is 10.0. The molecule has 1 aromatic rings. The highest BCUT2D eigenvalue weighted by molar-refractivity contribution is 5.50. The van der Waals surface area contributed by atoms with E-state index in [4.69, 9.17) is 10.5 Å². The highest BCUT2D eigenvalue weighted by Gasteiger charge is 1.96. The van der Waals surface area contributed by atoms with Crippen LogP contribution in [0, 0.1) is 22.7 Å². The first-order valence-corrected chi connectivity index (χ1v) is 7.66. The summed E-state index contributed by atoms with van der Waals surface area (Å²) in [4.78, 5) is 0. The van der Waals surface area contributed by atoms with Crippen molar-refractivity contribution in [1.82, 2.24) is 0 Å². The van der Waals surface area contributed by atoms with Crippen LogP contribution in [0.2, 0.25) is 0 Å². The van der Waals surface area contributed by atoms with Crippen LogP contribution in [0.5, 0.6) is 0 Å². The van der Waals surface area contributed by atoms with E-state index in [0.29, 0.717) is 0 Å². The predicted molar refractivity (Wildman–Crippen MR) is 86.5 cm³/mol. The zero-order valence-electron chi connectivity index (χ0n) is 12.7. The average Bonchev–Trinajstić information content (AvgIpc) is 2.53. The second kappa shape index (κ2) is 10.5. The van der Waals surface area contributed by atoms with Gasteiger partial charge in [0.05, 0.1) is 0 Å². The Morgan fingerprint density at radius 1 is 1.00 bits per heavy atom. The van der Waals surface area contributed by atoms with Gasteiger partial charge in [-0.15, -0.1) is 0 Å². The number of benzene rings is 1. The van der Waals surface area contributed by atoms with Gasteiger partial charge >= 0.3 is 0 Å². The SMILES string of the molecule is CCCCCCCCc1ccc(NC=C(C#N)C#N)cc1. The minimum absolute atomic E-state index is 0.0751. The van der Waals surface area contributed by atoms with Crippen molar-refractivity contribution in [3.8, 4) is 12.1 Å². The van der Waals surface area contributed by atoms with E-state index in [1.807, 2.05) is 24.3 Å². The summed E-state index contributed by atoms with van der Waals surface area (Å²) in [6.07, 6.45) is 10.4. The minimum atomic E-state index is 0.0751. The van der Waals surface area contributed by atoms with Gasteiger partial charge in [-0.05, 0) is 30.5 Å². The van der Waals surface area contributed by atoms with E-state index in [2.05, 4.69) is 24.4 Å². The molecule has 0 fully saturated rings. The number of rotatable bonds is 9. The third-order valence-electron chi connectivity index (χ3n) is 3.40. The maximum Gasteiger partial charge on any atom is 0.145 e. The Morgan fingerprint density at radius 3 is 2.24 bits per heavy atom. The third-order valence-corrected chi connectivity index (χ3v) is 3.40. The van der Waals surface area contributed by atoms with Crippen molar-refractivity contribution in [3.63, 3.8) is 0 Å². The number of nitrogens with zero attached hydrogens (tertiary/aromatic N) is 2. The molecular weight excluding hydrogens is 258 g/mol. The Labute approximate surface area is 127 Å². The van der Waals surface area contributed by atoms with E-state index in [-0.39, 0.29) is 5.57 Å². The maximum absolute atomic E-state index is 8.64. The Hall–Kier alpha value is -2.26. The summed E-state index contributed by atoms with van der Waals surface area (Å²) in [7, 11) is 0. The summed E-state index contributed by atoms with van der Waals surface area (Å²) in [6, 6.07) is 11.8. The van der Waals surface area contributed by atoms with Gasteiger partial charge in [-0.2, -0.15) is 10.5 Å². The van der Waals surface area contributed by atoms with Crippen LogP contribution in [-0.2, 0) is 6.42 Å². The van der Waals surface area contributed by atoms with Gasteiger partial charge in [0, 0.05) is 11.9 Å². The van der Waals surface area contributed by atoms with E-state index >= 15 is 0 Å². The second-order valence-electron chi connectivity index (χ2n) is 5.14. The largest absolute Gasteiger partial charge is 0.360 e. The molecule has 0 saturated heterocycles. The molecule has 0 radical (unpaired) electrons. The van der Waals surface area contributed by atoms with Crippen molar-refractivity contribution in [1.29, 1.82) is 10.5 Å². The summed E-state index contributed by atoms with van der Waals surface area (Å²) < 4.78 is 0. The van der Waals surface area contributed by atoms with Crippen LogP contribution >= 0.6 is 0 Å². The van der Waals surface area contributed by atoms with E-state index in [0.717, 1.165) is 12.1 Å². The Kier molecular flexibility index (Phi) is 8.41. The van der Waals surface area contributed by atoms with Gasteiger partial charge in [-0.1, -0.05) is 51.2 Å².